The number of para-hydroxylation sites is 1. The predicted molar refractivity (Wildman–Crippen MR) is 146 cm³/mol. The number of aryl methyl sites for hydroxylation is 1. The minimum absolute atomic E-state index is 0.0271. The maximum Gasteiger partial charge on any atom is 0.323 e. The van der Waals surface area contributed by atoms with Crippen molar-refractivity contribution >= 4 is 55.3 Å². The Morgan fingerprint density at radius 1 is 0.902 bits per heavy atom. The van der Waals surface area contributed by atoms with Crippen molar-refractivity contribution in [1.29, 1.82) is 0 Å². The summed E-state index contributed by atoms with van der Waals surface area (Å²) in [5, 5.41) is 19.8. The van der Waals surface area contributed by atoms with E-state index in [4.69, 9.17) is 10.2 Å². The standard InChI is InChI=1S/C18H10F4N2O2S.C11H11NO2/c19-9-1-2-10-8(6-24(7-15(25)26)13(10)4-9)3-14-23-17-16(22)11(20)5-12(21)18(17)27-14;1-8-6-9-4-2-3-5-10(9)12(8)7-11(13)14/h1-2,4-6H,3,7H2,(H,25,26);2-6H,7H2,1H3,(H,13,14). The van der Waals surface area contributed by atoms with Crippen molar-refractivity contribution in [3.05, 3.63) is 100 Å². The number of fused-ring (bicyclic) bond motifs is 3. The van der Waals surface area contributed by atoms with Gasteiger partial charge < -0.3 is 19.3 Å². The average molecular weight is 584 g/mol. The Balaban J connectivity index is 0.000000202. The van der Waals surface area contributed by atoms with Crippen molar-refractivity contribution in [1.82, 2.24) is 14.1 Å². The van der Waals surface area contributed by atoms with Gasteiger partial charge in [0.2, 0.25) is 0 Å². The van der Waals surface area contributed by atoms with Crippen LogP contribution in [-0.2, 0) is 29.1 Å². The Morgan fingerprint density at radius 2 is 1.63 bits per heavy atom. The number of aromatic nitrogens is 3. The van der Waals surface area contributed by atoms with Gasteiger partial charge >= 0.3 is 11.9 Å². The van der Waals surface area contributed by atoms with Gasteiger partial charge in [0.1, 0.15) is 30.2 Å². The molecule has 2 N–H and O–H groups in total. The molecule has 41 heavy (non-hydrogen) atoms. The second-order valence-electron chi connectivity index (χ2n) is 9.28. The molecule has 12 heteroatoms. The molecule has 7 nitrogen and oxygen atoms in total. The summed E-state index contributed by atoms with van der Waals surface area (Å²) in [5.74, 6) is -5.85. The summed E-state index contributed by atoms with van der Waals surface area (Å²) in [6, 6.07) is 14.2. The van der Waals surface area contributed by atoms with E-state index >= 15 is 0 Å². The van der Waals surface area contributed by atoms with Crippen LogP contribution < -0.4 is 0 Å². The molecule has 0 saturated carbocycles. The maximum absolute atomic E-state index is 13.9. The van der Waals surface area contributed by atoms with Crippen molar-refractivity contribution in [3.8, 4) is 0 Å². The molecule has 0 fully saturated rings. The monoisotopic (exact) mass is 583 g/mol. The van der Waals surface area contributed by atoms with Crippen LogP contribution in [0.1, 0.15) is 16.3 Å². The summed E-state index contributed by atoms with van der Waals surface area (Å²) in [7, 11) is 0. The summed E-state index contributed by atoms with van der Waals surface area (Å²) in [6.45, 7) is 1.58. The van der Waals surface area contributed by atoms with Gasteiger partial charge in [0, 0.05) is 35.3 Å². The van der Waals surface area contributed by atoms with Gasteiger partial charge in [-0.25, -0.2) is 22.5 Å². The molecule has 0 aliphatic heterocycles. The summed E-state index contributed by atoms with van der Waals surface area (Å²) in [5.41, 5.74) is 2.58. The van der Waals surface area contributed by atoms with Crippen LogP contribution in [0.15, 0.2) is 60.8 Å². The van der Waals surface area contributed by atoms with Crippen LogP contribution in [0.5, 0.6) is 0 Å². The molecule has 3 aromatic heterocycles. The fraction of sp³-hybridized carbons (Fsp3) is 0.138. The van der Waals surface area contributed by atoms with Crippen LogP contribution in [0.4, 0.5) is 17.6 Å². The van der Waals surface area contributed by atoms with Crippen LogP contribution in [-0.4, -0.2) is 36.3 Å². The maximum atomic E-state index is 13.9. The fourth-order valence-corrected chi connectivity index (χ4v) is 5.71. The van der Waals surface area contributed by atoms with E-state index in [-0.39, 0.29) is 29.7 Å². The Labute approximate surface area is 233 Å². The third-order valence-electron chi connectivity index (χ3n) is 6.44. The van der Waals surface area contributed by atoms with Gasteiger partial charge in [-0.2, -0.15) is 0 Å². The van der Waals surface area contributed by atoms with E-state index in [1.807, 2.05) is 37.3 Å². The lowest BCUT2D eigenvalue weighted by atomic mass is 10.1. The van der Waals surface area contributed by atoms with Crippen LogP contribution >= 0.6 is 11.3 Å². The van der Waals surface area contributed by atoms with E-state index in [0.29, 0.717) is 27.5 Å². The summed E-state index contributed by atoms with van der Waals surface area (Å²) in [4.78, 5) is 25.7. The highest BCUT2D eigenvalue weighted by molar-refractivity contribution is 7.18. The first-order valence-electron chi connectivity index (χ1n) is 12.2. The van der Waals surface area contributed by atoms with Crippen LogP contribution in [0.25, 0.3) is 32.0 Å². The van der Waals surface area contributed by atoms with Crippen molar-refractivity contribution in [3.63, 3.8) is 0 Å². The molecular weight excluding hydrogens is 562 g/mol. The molecule has 210 valence electrons. The number of carboxylic acids is 2. The predicted octanol–water partition coefficient (Wildman–Crippen LogP) is 6.52. The lowest BCUT2D eigenvalue weighted by molar-refractivity contribution is -0.138. The Morgan fingerprint density at radius 3 is 2.37 bits per heavy atom. The molecule has 3 heterocycles. The third kappa shape index (κ3) is 5.64. The summed E-state index contributed by atoms with van der Waals surface area (Å²) >= 11 is 0.884. The van der Waals surface area contributed by atoms with Crippen molar-refractivity contribution in [2.45, 2.75) is 26.4 Å². The molecule has 0 atom stereocenters. The van der Waals surface area contributed by atoms with Gasteiger partial charge in [0.05, 0.1) is 15.2 Å². The molecule has 0 aliphatic rings. The second-order valence-corrected chi connectivity index (χ2v) is 10.4. The molecule has 0 saturated heterocycles. The molecule has 3 aromatic carbocycles. The zero-order valence-corrected chi connectivity index (χ0v) is 22.2. The third-order valence-corrected chi connectivity index (χ3v) is 7.51. The zero-order valence-electron chi connectivity index (χ0n) is 21.4. The van der Waals surface area contributed by atoms with Gasteiger partial charge in [0.25, 0.3) is 0 Å². The molecule has 0 aliphatic carbocycles. The van der Waals surface area contributed by atoms with Gasteiger partial charge in [-0.3, -0.25) is 9.59 Å². The SMILES string of the molecule is Cc1cc2ccccc2n1CC(=O)O.O=C(O)Cn1cc(Cc2nc3c(F)c(F)cc(F)c3s2)c2ccc(F)cc21. The second kappa shape index (κ2) is 11.0. The number of aliphatic carboxylic acids is 2. The van der Waals surface area contributed by atoms with Crippen molar-refractivity contribution in [2.75, 3.05) is 0 Å². The Kier molecular flexibility index (Phi) is 7.50. The summed E-state index contributed by atoms with van der Waals surface area (Å²) < 4.78 is 57.8. The molecule has 0 spiro atoms. The number of halogens is 4. The largest absolute Gasteiger partial charge is 0.480 e. The smallest absolute Gasteiger partial charge is 0.323 e. The molecule has 6 rings (SSSR count). The fourth-order valence-electron chi connectivity index (χ4n) is 4.72. The highest BCUT2D eigenvalue weighted by atomic mass is 32.1. The lowest BCUT2D eigenvalue weighted by Crippen LogP contribution is -2.09. The Bertz CT molecular complexity index is 1960. The highest BCUT2D eigenvalue weighted by Gasteiger charge is 2.19. The number of carbonyl (C=O) groups is 2. The molecule has 6 aromatic rings. The first kappa shape index (κ1) is 27.8. The van der Waals surface area contributed by atoms with Crippen molar-refractivity contribution in [2.24, 2.45) is 0 Å². The number of benzene rings is 3. The van der Waals surface area contributed by atoms with E-state index in [0.717, 1.165) is 27.9 Å². The van der Waals surface area contributed by atoms with E-state index in [1.165, 1.54) is 29.0 Å². The minimum atomic E-state index is -1.31. The minimum Gasteiger partial charge on any atom is -0.480 e. The number of hydrogen-bond acceptors (Lipinski definition) is 4. The zero-order chi connectivity index (χ0) is 29.4. The highest BCUT2D eigenvalue weighted by Crippen LogP contribution is 2.32. The van der Waals surface area contributed by atoms with Gasteiger partial charge in [-0.15, -0.1) is 11.3 Å². The van der Waals surface area contributed by atoms with E-state index < -0.39 is 35.2 Å². The molecule has 0 unspecified atom stereocenters. The van der Waals surface area contributed by atoms with Crippen LogP contribution in [0.2, 0.25) is 0 Å². The quantitative estimate of drug-likeness (QED) is 0.172. The van der Waals surface area contributed by atoms with E-state index in [9.17, 15) is 27.2 Å². The number of rotatable bonds is 6. The molecule has 0 bridgehead atoms. The van der Waals surface area contributed by atoms with Gasteiger partial charge in [0.15, 0.2) is 11.6 Å². The van der Waals surface area contributed by atoms with Gasteiger partial charge in [-0.05, 0) is 48.2 Å². The van der Waals surface area contributed by atoms with Crippen LogP contribution in [0.3, 0.4) is 0 Å². The molecular formula is C29H21F4N3O4S. The van der Waals surface area contributed by atoms with Crippen molar-refractivity contribution < 1.29 is 37.4 Å². The topological polar surface area (TPSA) is 97.4 Å². The Hall–Kier alpha value is -4.71. The van der Waals surface area contributed by atoms with Gasteiger partial charge in [-0.1, -0.05) is 18.2 Å². The number of thiazole rings is 1. The first-order chi connectivity index (χ1) is 19.5. The number of carboxylic acid groups (broad SMARTS) is 2. The van der Waals surface area contributed by atoms with E-state index in [1.54, 1.807) is 4.57 Å². The van der Waals surface area contributed by atoms with Crippen LogP contribution in [0, 0.1) is 30.2 Å². The number of hydrogen-bond donors (Lipinski definition) is 2. The summed E-state index contributed by atoms with van der Waals surface area (Å²) in [6.07, 6.45) is 1.67. The number of nitrogens with zero attached hydrogens (tertiary/aromatic N) is 3. The molecule has 0 radical (unpaired) electrons. The first-order valence-corrected chi connectivity index (χ1v) is 13.0. The lowest BCUT2D eigenvalue weighted by Gasteiger charge is -2.03. The van der Waals surface area contributed by atoms with E-state index in [2.05, 4.69) is 4.98 Å². The normalized spacial score (nSPS) is 11.2. The average Bonchev–Trinajstić information content (AvgIpc) is 3.57. The molecule has 0 amide bonds.